The van der Waals surface area contributed by atoms with Crippen molar-refractivity contribution in [1.29, 1.82) is 0 Å². The normalized spacial score (nSPS) is 16.1. The highest BCUT2D eigenvalue weighted by Crippen LogP contribution is 2.25. The van der Waals surface area contributed by atoms with Crippen LogP contribution < -0.4 is 0 Å². The highest BCUT2D eigenvalue weighted by molar-refractivity contribution is 7.99. The summed E-state index contributed by atoms with van der Waals surface area (Å²) in [4.78, 5) is 13.9. The van der Waals surface area contributed by atoms with Crippen molar-refractivity contribution in [3.05, 3.63) is 34.1 Å². The third-order valence-electron chi connectivity index (χ3n) is 2.80. The average molecular weight is 274 g/mol. The Balaban J connectivity index is 2.32. The first-order valence-electron chi connectivity index (χ1n) is 5.43. The van der Waals surface area contributed by atoms with Crippen molar-refractivity contribution < 1.29 is 9.18 Å². The summed E-state index contributed by atoms with van der Waals surface area (Å²) in [6, 6.07) is 2.88. The molecule has 0 aromatic heterocycles. The fraction of sp³-hybridized carbons (Fsp3) is 0.417. The molecule has 92 valence electrons. The molecular weight excluding hydrogens is 261 g/mol. The Morgan fingerprint density at radius 3 is 2.71 bits per heavy atom. The van der Waals surface area contributed by atoms with Gasteiger partial charge in [-0.1, -0.05) is 17.7 Å². The van der Waals surface area contributed by atoms with Gasteiger partial charge in [0.1, 0.15) is 5.82 Å². The lowest BCUT2D eigenvalue weighted by molar-refractivity contribution is 0.0767. The van der Waals surface area contributed by atoms with Gasteiger partial charge in [0, 0.05) is 24.6 Å². The molecule has 1 heterocycles. The first-order valence-corrected chi connectivity index (χ1v) is 6.96. The number of hydrogen-bond acceptors (Lipinski definition) is 2. The number of benzene rings is 1. The first-order chi connectivity index (χ1) is 8.11. The Labute approximate surface area is 109 Å². The Hall–Kier alpha value is -0.740. The summed E-state index contributed by atoms with van der Waals surface area (Å²) in [5, 5.41) is 0.230. The summed E-state index contributed by atoms with van der Waals surface area (Å²) in [6.45, 7) is 3.09. The number of thioether (sulfide) groups is 1. The van der Waals surface area contributed by atoms with E-state index in [4.69, 9.17) is 11.6 Å². The third-order valence-corrected chi connectivity index (χ3v) is 4.23. The SMILES string of the molecule is Cc1ccc(F)c(C(=O)N2CCSCC2)c1Cl. The van der Waals surface area contributed by atoms with Crippen LogP contribution in [0.3, 0.4) is 0 Å². The molecule has 2 nitrogen and oxygen atoms in total. The van der Waals surface area contributed by atoms with E-state index >= 15 is 0 Å². The zero-order valence-electron chi connectivity index (χ0n) is 9.50. The van der Waals surface area contributed by atoms with Gasteiger partial charge in [-0.3, -0.25) is 4.79 Å². The van der Waals surface area contributed by atoms with E-state index in [-0.39, 0.29) is 16.5 Å². The smallest absolute Gasteiger partial charge is 0.258 e. The van der Waals surface area contributed by atoms with Gasteiger partial charge in [-0.2, -0.15) is 11.8 Å². The van der Waals surface area contributed by atoms with Gasteiger partial charge in [0.15, 0.2) is 0 Å². The molecule has 1 fully saturated rings. The van der Waals surface area contributed by atoms with Crippen molar-refractivity contribution in [2.75, 3.05) is 24.6 Å². The number of rotatable bonds is 1. The lowest BCUT2D eigenvalue weighted by Crippen LogP contribution is -2.38. The second kappa shape index (κ2) is 5.27. The highest BCUT2D eigenvalue weighted by Gasteiger charge is 2.24. The monoisotopic (exact) mass is 273 g/mol. The predicted molar refractivity (Wildman–Crippen MR) is 69.4 cm³/mol. The summed E-state index contributed by atoms with van der Waals surface area (Å²) in [6.07, 6.45) is 0. The molecule has 1 aliphatic heterocycles. The summed E-state index contributed by atoms with van der Waals surface area (Å²) < 4.78 is 13.7. The van der Waals surface area contributed by atoms with Crippen LogP contribution in [0.15, 0.2) is 12.1 Å². The molecule has 1 saturated heterocycles. The minimum Gasteiger partial charge on any atom is -0.337 e. The van der Waals surface area contributed by atoms with E-state index in [2.05, 4.69) is 0 Å². The molecule has 0 bridgehead atoms. The van der Waals surface area contributed by atoms with Gasteiger partial charge in [-0.05, 0) is 18.6 Å². The van der Waals surface area contributed by atoms with Crippen LogP contribution in [0.2, 0.25) is 5.02 Å². The van der Waals surface area contributed by atoms with Gasteiger partial charge < -0.3 is 4.90 Å². The minimum absolute atomic E-state index is 0.0126. The van der Waals surface area contributed by atoms with Gasteiger partial charge >= 0.3 is 0 Å². The molecule has 17 heavy (non-hydrogen) atoms. The van der Waals surface area contributed by atoms with Gasteiger partial charge in [0.25, 0.3) is 5.91 Å². The standard InChI is InChI=1S/C12H13ClFNOS/c1-8-2-3-9(14)10(11(8)13)12(16)15-4-6-17-7-5-15/h2-3H,4-7H2,1H3. The topological polar surface area (TPSA) is 20.3 Å². The number of nitrogens with zero attached hydrogens (tertiary/aromatic N) is 1. The number of hydrogen-bond donors (Lipinski definition) is 0. The maximum atomic E-state index is 13.7. The quantitative estimate of drug-likeness (QED) is 0.784. The van der Waals surface area contributed by atoms with E-state index in [1.807, 2.05) is 0 Å². The zero-order valence-corrected chi connectivity index (χ0v) is 11.1. The Morgan fingerprint density at radius 2 is 2.06 bits per heavy atom. The van der Waals surface area contributed by atoms with Crippen LogP contribution in [0.25, 0.3) is 0 Å². The van der Waals surface area contributed by atoms with Crippen molar-refractivity contribution >= 4 is 29.3 Å². The molecule has 0 aliphatic carbocycles. The molecule has 0 unspecified atom stereocenters. The zero-order chi connectivity index (χ0) is 12.4. The highest BCUT2D eigenvalue weighted by atomic mass is 35.5. The molecule has 0 saturated carbocycles. The predicted octanol–water partition coefficient (Wildman–Crippen LogP) is 2.98. The molecule has 0 N–H and O–H groups in total. The van der Waals surface area contributed by atoms with Gasteiger partial charge in [-0.15, -0.1) is 0 Å². The van der Waals surface area contributed by atoms with Gasteiger partial charge in [0.2, 0.25) is 0 Å². The van der Waals surface area contributed by atoms with Crippen molar-refractivity contribution in [2.45, 2.75) is 6.92 Å². The Kier molecular flexibility index (Phi) is 3.94. The van der Waals surface area contributed by atoms with E-state index in [9.17, 15) is 9.18 Å². The Morgan fingerprint density at radius 1 is 1.41 bits per heavy atom. The maximum Gasteiger partial charge on any atom is 0.258 e. The molecule has 1 amide bonds. The maximum absolute atomic E-state index is 13.7. The van der Waals surface area contributed by atoms with E-state index in [0.717, 1.165) is 17.1 Å². The molecule has 0 radical (unpaired) electrons. The van der Waals surface area contributed by atoms with Crippen LogP contribution in [0.5, 0.6) is 0 Å². The van der Waals surface area contributed by atoms with Crippen LogP contribution in [-0.2, 0) is 0 Å². The molecule has 5 heteroatoms. The van der Waals surface area contributed by atoms with E-state index in [1.165, 1.54) is 6.07 Å². The Bertz CT molecular complexity index is 446. The van der Waals surface area contributed by atoms with Crippen LogP contribution in [0.4, 0.5) is 4.39 Å². The number of carbonyl (C=O) groups excluding carboxylic acids is 1. The molecule has 0 atom stereocenters. The largest absolute Gasteiger partial charge is 0.337 e. The fourth-order valence-corrected chi connectivity index (χ4v) is 2.91. The average Bonchev–Trinajstić information content (AvgIpc) is 2.35. The van der Waals surface area contributed by atoms with Gasteiger partial charge in [-0.25, -0.2) is 4.39 Å². The third kappa shape index (κ3) is 2.58. The van der Waals surface area contributed by atoms with Crippen molar-refractivity contribution in [3.8, 4) is 0 Å². The molecule has 2 rings (SSSR count). The minimum atomic E-state index is -0.538. The molecule has 0 spiro atoms. The van der Waals surface area contributed by atoms with E-state index in [0.29, 0.717) is 13.1 Å². The lowest BCUT2D eigenvalue weighted by Gasteiger charge is -2.27. The van der Waals surface area contributed by atoms with E-state index < -0.39 is 5.82 Å². The number of amides is 1. The number of halogens is 2. The lowest BCUT2D eigenvalue weighted by atomic mass is 10.1. The van der Waals surface area contributed by atoms with E-state index in [1.54, 1.807) is 29.7 Å². The second-order valence-corrected chi connectivity index (χ2v) is 5.56. The second-order valence-electron chi connectivity index (χ2n) is 3.96. The first kappa shape index (κ1) is 12.7. The van der Waals surface area contributed by atoms with Crippen molar-refractivity contribution in [1.82, 2.24) is 4.90 Å². The molecule has 1 aliphatic rings. The fourth-order valence-electron chi connectivity index (χ4n) is 1.78. The van der Waals surface area contributed by atoms with Gasteiger partial charge in [0.05, 0.1) is 10.6 Å². The van der Waals surface area contributed by atoms with Crippen LogP contribution in [0, 0.1) is 12.7 Å². The number of carbonyl (C=O) groups is 1. The van der Waals surface area contributed by atoms with Crippen molar-refractivity contribution in [3.63, 3.8) is 0 Å². The van der Waals surface area contributed by atoms with Crippen molar-refractivity contribution in [2.24, 2.45) is 0 Å². The molecule has 1 aromatic carbocycles. The summed E-state index contributed by atoms with van der Waals surface area (Å²) >= 11 is 7.82. The number of aryl methyl sites for hydroxylation is 1. The summed E-state index contributed by atoms with van der Waals surface area (Å²) in [7, 11) is 0. The van der Waals surface area contributed by atoms with Crippen LogP contribution in [0.1, 0.15) is 15.9 Å². The molecule has 1 aromatic rings. The summed E-state index contributed by atoms with van der Waals surface area (Å²) in [5.74, 6) is 0.966. The summed E-state index contributed by atoms with van der Waals surface area (Å²) in [5.41, 5.74) is 0.737. The van der Waals surface area contributed by atoms with Crippen LogP contribution >= 0.6 is 23.4 Å². The van der Waals surface area contributed by atoms with Crippen LogP contribution in [-0.4, -0.2) is 35.4 Å². The molecular formula is C12H13ClFNOS.